The Kier molecular flexibility index (Phi) is 6.76. The fourth-order valence-corrected chi connectivity index (χ4v) is 4.29. The molecule has 0 unspecified atom stereocenters. The average Bonchev–Trinajstić information content (AvgIpc) is 3.43. The van der Waals surface area contributed by atoms with Crippen molar-refractivity contribution in [3.8, 4) is 22.2 Å². The lowest BCUT2D eigenvalue weighted by Gasteiger charge is -2.13. The molecule has 4 aromatic rings. The Morgan fingerprint density at radius 1 is 1.09 bits per heavy atom. The monoisotopic (exact) mass is 468 g/mol. The van der Waals surface area contributed by atoms with Crippen molar-refractivity contribution >= 4 is 28.3 Å². The molecule has 0 radical (unpaired) electrons. The lowest BCUT2D eigenvalue weighted by molar-refractivity contribution is 0.1000. The molecule has 3 heterocycles. The number of nitrogens with two attached hydrogens (primary N) is 1. The molecule has 10 heteroatoms. The minimum absolute atomic E-state index is 0.163. The predicted octanol–water partition coefficient (Wildman–Crippen LogP) is 3.45. The number of carbonyl (C=O) groups is 1. The summed E-state index contributed by atoms with van der Waals surface area (Å²) in [6.07, 6.45) is 3.23. The van der Waals surface area contributed by atoms with Crippen molar-refractivity contribution in [2.75, 3.05) is 13.2 Å². The number of amides is 1. The minimum Gasteiger partial charge on any atom is -0.494 e. The van der Waals surface area contributed by atoms with Gasteiger partial charge in [0.1, 0.15) is 45.6 Å². The summed E-state index contributed by atoms with van der Waals surface area (Å²) in [5.74, 6) is 1.17. The summed E-state index contributed by atoms with van der Waals surface area (Å²) in [6, 6.07) is 9.04. The van der Waals surface area contributed by atoms with Crippen molar-refractivity contribution in [2.45, 2.75) is 27.1 Å². The number of imidazole rings is 1. The molecule has 1 aromatic carbocycles. The number of pyridine rings is 1. The average molecular weight is 469 g/mol. The van der Waals surface area contributed by atoms with Gasteiger partial charge in [-0.25, -0.2) is 4.98 Å². The lowest BCUT2D eigenvalue weighted by atomic mass is 10.2. The molecule has 3 N–H and O–H groups in total. The Morgan fingerprint density at radius 3 is 2.64 bits per heavy atom. The largest absolute Gasteiger partial charge is 0.494 e. The van der Waals surface area contributed by atoms with Crippen molar-refractivity contribution in [1.82, 2.24) is 14.5 Å². The van der Waals surface area contributed by atoms with Crippen LogP contribution in [0.4, 0.5) is 0 Å². The number of nitrogens with zero attached hydrogens (tertiary/aromatic N) is 3. The Labute approximate surface area is 194 Å². The SMILES string of the molecule is CCOc1ccc(OCC)c(COc2cc(-n3cnc4cnc(CO)cc43)sc2C(N)=O)c1. The third-order valence-electron chi connectivity index (χ3n) is 4.82. The highest BCUT2D eigenvalue weighted by molar-refractivity contribution is 7.16. The Morgan fingerprint density at radius 2 is 1.91 bits per heavy atom. The first-order valence-corrected chi connectivity index (χ1v) is 11.2. The highest BCUT2D eigenvalue weighted by atomic mass is 32.1. The van der Waals surface area contributed by atoms with E-state index in [1.165, 1.54) is 11.3 Å². The zero-order chi connectivity index (χ0) is 23.4. The normalized spacial score (nSPS) is 11.0. The van der Waals surface area contributed by atoms with Crippen LogP contribution >= 0.6 is 11.3 Å². The fraction of sp³-hybridized carbons (Fsp3) is 0.261. The molecule has 0 fully saturated rings. The van der Waals surface area contributed by atoms with Crippen LogP contribution in [-0.4, -0.2) is 38.8 Å². The van der Waals surface area contributed by atoms with Crippen LogP contribution in [0.1, 0.15) is 34.8 Å². The molecule has 0 aliphatic heterocycles. The van der Waals surface area contributed by atoms with Crippen LogP contribution in [0.2, 0.25) is 0 Å². The molecule has 0 saturated carbocycles. The van der Waals surface area contributed by atoms with E-state index in [4.69, 9.17) is 19.9 Å². The molecular formula is C23H24N4O5S. The number of rotatable bonds is 10. The summed E-state index contributed by atoms with van der Waals surface area (Å²) < 4.78 is 19.1. The second-order valence-electron chi connectivity index (χ2n) is 7.00. The molecule has 0 atom stereocenters. The van der Waals surface area contributed by atoms with Crippen molar-refractivity contribution in [3.05, 3.63) is 59.0 Å². The molecule has 0 saturated heterocycles. The molecule has 0 spiro atoms. The molecule has 3 aromatic heterocycles. The third-order valence-corrected chi connectivity index (χ3v) is 5.95. The van der Waals surface area contributed by atoms with Crippen LogP contribution in [0.25, 0.3) is 16.0 Å². The quantitative estimate of drug-likeness (QED) is 0.366. The Hall–Kier alpha value is -3.63. The first-order valence-electron chi connectivity index (χ1n) is 10.4. The number of benzene rings is 1. The zero-order valence-corrected chi connectivity index (χ0v) is 19.1. The van der Waals surface area contributed by atoms with Gasteiger partial charge < -0.3 is 25.1 Å². The van der Waals surface area contributed by atoms with E-state index in [0.717, 1.165) is 11.1 Å². The molecule has 0 aliphatic carbocycles. The minimum atomic E-state index is -0.587. The summed E-state index contributed by atoms with van der Waals surface area (Å²) in [4.78, 5) is 20.9. The third kappa shape index (κ3) is 4.76. The van der Waals surface area contributed by atoms with E-state index in [-0.39, 0.29) is 13.2 Å². The standard InChI is InChI=1S/C23H24N4O5S/c1-3-30-16-5-6-19(31-4-2)14(7-16)12-32-20-9-21(33-22(20)23(24)29)27-13-26-17-10-25-15(11-28)8-18(17)27/h5-10,13,28H,3-4,11-12H2,1-2H3,(H2,24,29). The number of fused-ring (bicyclic) bond motifs is 1. The summed E-state index contributed by atoms with van der Waals surface area (Å²) in [6.45, 7) is 4.85. The first-order chi connectivity index (χ1) is 16.0. The molecule has 172 valence electrons. The van der Waals surface area contributed by atoms with E-state index in [9.17, 15) is 9.90 Å². The van der Waals surface area contributed by atoms with E-state index in [1.54, 1.807) is 24.7 Å². The van der Waals surface area contributed by atoms with Crippen molar-refractivity contribution < 1.29 is 24.1 Å². The zero-order valence-electron chi connectivity index (χ0n) is 18.3. The number of aromatic nitrogens is 3. The predicted molar refractivity (Wildman–Crippen MR) is 124 cm³/mol. The maximum atomic E-state index is 12.1. The topological polar surface area (TPSA) is 122 Å². The van der Waals surface area contributed by atoms with Gasteiger partial charge in [-0.3, -0.25) is 14.3 Å². The Bertz CT molecular complexity index is 1280. The molecule has 33 heavy (non-hydrogen) atoms. The van der Waals surface area contributed by atoms with Gasteiger partial charge in [0.05, 0.1) is 37.2 Å². The summed E-state index contributed by atoms with van der Waals surface area (Å²) >= 11 is 1.20. The summed E-state index contributed by atoms with van der Waals surface area (Å²) in [5, 5.41) is 10.1. The highest BCUT2D eigenvalue weighted by Crippen LogP contribution is 2.35. The summed E-state index contributed by atoms with van der Waals surface area (Å²) in [5.41, 5.74) is 8.35. The van der Waals surface area contributed by atoms with E-state index >= 15 is 0 Å². The van der Waals surface area contributed by atoms with Gasteiger partial charge in [0.2, 0.25) is 0 Å². The van der Waals surface area contributed by atoms with Crippen LogP contribution in [0.15, 0.2) is 42.9 Å². The van der Waals surface area contributed by atoms with Gasteiger partial charge in [-0.15, -0.1) is 11.3 Å². The van der Waals surface area contributed by atoms with Crippen LogP contribution in [0, 0.1) is 0 Å². The molecular weight excluding hydrogens is 444 g/mol. The van der Waals surface area contributed by atoms with Gasteiger partial charge in [0, 0.05) is 11.6 Å². The molecule has 9 nitrogen and oxygen atoms in total. The maximum Gasteiger partial charge on any atom is 0.262 e. The van der Waals surface area contributed by atoms with E-state index < -0.39 is 5.91 Å². The van der Waals surface area contributed by atoms with Crippen molar-refractivity contribution in [1.29, 1.82) is 0 Å². The Balaban J connectivity index is 1.66. The fourth-order valence-electron chi connectivity index (χ4n) is 3.35. The first kappa shape index (κ1) is 22.6. The van der Waals surface area contributed by atoms with Crippen molar-refractivity contribution in [3.63, 3.8) is 0 Å². The molecule has 1 amide bonds. The highest BCUT2D eigenvalue weighted by Gasteiger charge is 2.19. The van der Waals surface area contributed by atoms with Gasteiger partial charge in [-0.05, 0) is 38.1 Å². The van der Waals surface area contributed by atoms with Gasteiger partial charge in [-0.1, -0.05) is 0 Å². The number of carbonyl (C=O) groups excluding carboxylic acids is 1. The van der Waals surface area contributed by atoms with Crippen molar-refractivity contribution in [2.24, 2.45) is 5.73 Å². The van der Waals surface area contributed by atoms with Crippen LogP contribution in [0.3, 0.4) is 0 Å². The smallest absolute Gasteiger partial charge is 0.262 e. The number of aliphatic hydroxyl groups excluding tert-OH is 1. The summed E-state index contributed by atoms with van der Waals surface area (Å²) in [7, 11) is 0. The van der Waals surface area contributed by atoms with E-state index in [0.29, 0.717) is 51.6 Å². The van der Waals surface area contributed by atoms with Crippen LogP contribution in [0.5, 0.6) is 17.2 Å². The second kappa shape index (κ2) is 9.88. The molecule has 0 bridgehead atoms. The van der Waals surface area contributed by atoms with Gasteiger partial charge in [-0.2, -0.15) is 0 Å². The second-order valence-corrected chi connectivity index (χ2v) is 8.03. The lowest BCUT2D eigenvalue weighted by Crippen LogP contribution is -2.11. The van der Waals surface area contributed by atoms with Gasteiger partial charge in [0.15, 0.2) is 0 Å². The van der Waals surface area contributed by atoms with Gasteiger partial charge >= 0.3 is 0 Å². The van der Waals surface area contributed by atoms with Crippen LogP contribution < -0.4 is 19.9 Å². The van der Waals surface area contributed by atoms with Gasteiger partial charge in [0.25, 0.3) is 5.91 Å². The van der Waals surface area contributed by atoms with E-state index in [1.807, 2.05) is 36.6 Å². The number of hydrogen-bond acceptors (Lipinski definition) is 8. The maximum absolute atomic E-state index is 12.1. The number of hydrogen-bond donors (Lipinski definition) is 2. The molecule has 4 rings (SSSR count). The van der Waals surface area contributed by atoms with E-state index in [2.05, 4.69) is 9.97 Å². The number of thiophene rings is 1. The van der Waals surface area contributed by atoms with Crippen LogP contribution in [-0.2, 0) is 13.2 Å². The number of aliphatic hydroxyl groups is 1. The number of primary amides is 1. The molecule has 0 aliphatic rings. The number of ether oxygens (including phenoxy) is 3.